The largest absolute Gasteiger partial charge is 0.460 e. The SMILES string of the molecule is CC(OC=O)c1c[nH]c2ccc(N=O)cc12. The number of hydrogen-bond donors (Lipinski definition) is 1. The lowest BCUT2D eigenvalue weighted by atomic mass is 10.1. The van der Waals surface area contributed by atoms with E-state index in [2.05, 4.69) is 10.2 Å². The van der Waals surface area contributed by atoms with Gasteiger partial charge in [0.25, 0.3) is 6.47 Å². The van der Waals surface area contributed by atoms with E-state index in [1.807, 2.05) is 0 Å². The number of aromatic amines is 1. The molecule has 5 nitrogen and oxygen atoms in total. The molecular weight excluding hydrogens is 208 g/mol. The van der Waals surface area contributed by atoms with E-state index in [1.54, 1.807) is 31.3 Å². The summed E-state index contributed by atoms with van der Waals surface area (Å²) in [6.07, 6.45) is 1.40. The summed E-state index contributed by atoms with van der Waals surface area (Å²) >= 11 is 0. The lowest BCUT2D eigenvalue weighted by Gasteiger charge is -2.07. The van der Waals surface area contributed by atoms with Crippen LogP contribution in [0.1, 0.15) is 18.6 Å². The van der Waals surface area contributed by atoms with Crippen molar-refractivity contribution in [2.24, 2.45) is 5.18 Å². The smallest absolute Gasteiger partial charge is 0.293 e. The lowest BCUT2D eigenvalue weighted by Crippen LogP contribution is -1.96. The molecule has 1 unspecified atom stereocenters. The van der Waals surface area contributed by atoms with Crippen LogP contribution >= 0.6 is 0 Å². The van der Waals surface area contributed by atoms with Crippen LogP contribution in [0.25, 0.3) is 10.9 Å². The second kappa shape index (κ2) is 4.14. The predicted octanol–water partition coefficient (Wildman–Crippen LogP) is 2.80. The number of nitrogens with one attached hydrogen (secondary N) is 1. The van der Waals surface area contributed by atoms with E-state index in [0.717, 1.165) is 16.5 Å². The number of benzene rings is 1. The highest BCUT2D eigenvalue weighted by Gasteiger charge is 2.12. The van der Waals surface area contributed by atoms with Gasteiger partial charge in [0.1, 0.15) is 11.8 Å². The predicted molar refractivity (Wildman–Crippen MR) is 59.3 cm³/mol. The molecule has 0 radical (unpaired) electrons. The first-order valence-corrected chi connectivity index (χ1v) is 4.79. The number of H-pyrrole nitrogens is 1. The van der Waals surface area contributed by atoms with Gasteiger partial charge in [-0.05, 0) is 30.3 Å². The molecule has 0 spiro atoms. The van der Waals surface area contributed by atoms with Gasteiger partial charge in [0.2, 0.25) is 0 Å². The molecule has 5 heteroatoms. The van der Waals surface area contributed by atoms with E-state index >= 15 is 0 Å². The molecule has 0 amide bonds. The van der Waals surface area contributed by atoms with Crippen LogP contribution in [-0.2, 0) is 9.53 Å². The monoisotopic (exact) mass is 218 g/mol. The van der Waals surface area contributed by atoms with E-state index in [1.165, 1.54) is 0 Å². The minimum atomic E-state index is -0.354. The summed E-state index contributed by atoms with van der Waals surface area (Å²) in [7, 11) is 0. The Bertz CT molecular complexity index is 533. The van der Waals surface area contributed by atoms with Crippen molar-refractivity contribution in [2.75, 3.05) is 0 Å². The Labute approximate surface area is 91.4 Å². The van der Waals surface area contributed by atoms with Gasteiger partial charge in [0.05, 0.1) is 0 Å². The summed E-state index contributed by atoms with van der Waals surface area (Å²) < 4.78 is 4.86. The highest BCUT2D eigenvalue weighted by atomic mass is 16.5. The minimum absolute atomic E-state index is 0.353. The Kier molecular flexibility index (Phi) is 2.68. The quantitative estimate of drug-likeness (QED) is 0.633. The minimum Gasteiger partial charge on any atom is -0.460 e. The maximum absolute atomic E-state index is 10.4. The molecule has 16 heavy (non-hydrogen) atoms. The summed E-state index contributed by atoms with van der Waals surface area (Å²) in [5.74, 6) is 0. The normalized spacial score (nSPS) is 12.3. The van der Waals surface area contributed by atoms with Gasteiger partial charge in [-0.1, -0.05) is 0 Å². The van der Waals surface area contributed by atoms with Gasteiger partial charge in [-0.15, -0.1) is 4.91 Å². The van der Waals surface area contributed by atoms with Gasteiger partial charge < -0.3 is 9.72 Å². The number of aromatic nitrogens is 1. The van der Waals surface area contributed by atoms with Gasteiger partial charge in [0, 0.05) is 22.7 Å². The molecular formula is C11H10N2O3. The number of nitroso groups, excluding NO2 is 1. The van der Waals surface area contributed by atoms with Crippen molar-refractivity contribution in [3.8, 4) is 0 Å². The number of carbonyl (C=O) groups is 1. The van der Waals surface area contributed by atoms with Gasteiger partial charge in [-0.25, -0.2) is 0 Å². The van der Waals surface area contributed by atoms with Crippen molar-refractivity contribution in [3.05, 3.63) is 34.9 Å². The third-order valence-corrected chi connectivity index (χ3v) is 2.50. The molecule has 1 aromatic carbocycles. The van der Waals surface area contributed by atoms with Crippen molar-refractivity contribution in [1.29, 1.82) is 0 Å². The molecule has 1 N–H and O–H groups in total. The second-order valence-corrected chi connectivity index (χ2v) is 3.44. The second-order valence-electron chi connectivity index (χ2n) is 3.44. The van der Waals surface area contributed by atoms with Crippen LogP contribution in [0.2, 0.25) is 0 Å². The third kappa shape index (κ3) is 1.67. The molecule has 0 aliphatic carbocycles. The summed E-state index contributed by atoms with van der Waals surface area (Å²) in [4.78, 5) is 23.7. The molecule has 1 heterocycles. The molecule has 2 aromatic rings. The van der Waals surface area contributed by atoms with E-state index in [4.69, 9.17) is 4.74 Å². The molecule has 1 aromatic heterocycles. The van der Waals surface area contributed by atoms with E-state index in [0.29, 0.717) is 12.2 Å². The van der Waals surface area contributed by atoms with Crippen molar-refractivity contribution in [3.63, 3.8) is 0 Å². The van der Waals surface area contributed by atoms with Crippen LogP contribution in [0.15, 0.2) is 29.6 Å². The Morgan fingerprint density at radius 1 is 1.50 bits per heavy atom. The lowest BCUT2D eigenvalue weighted by molar-refractivity contribution is -0.133. The Morgan fingerprint density at radius 3 is 3.00 bits per heavy atom. The third-order valence-electron chi connectivity index (χ3n) is 2.50. The molecule has 2 rings (SSSR count). The molecule has 0 saturated heterocycles. The number of nitrogens with zero attached hydrogens (tertiary/aromatic N) is 1. The fraction of sp³-hybridized carbons (Fsp3) is 0.182. The van der Waals surface area contributed by atoms with E-state index < -0.39 is 0 Å². The van der Waals surface area contributed by atoms with Crippen LogP contribution in [0.3, 0.4) is 0 Å². The van der Waals surface area contributed by atoms with E-state index in [-0.39, 0.29) is 6.10 Å². The van der Waals surface area contributed by atoms with Crippen molar-refractivity contribution in [2.45, 2.75) is 13.0 Å². The van der Waals surface area contributed by atoms with Crippen LogP contribution in [0.5, 0.6) is 0 Å². The zero-order valence-corrected chi connectivity index (χ0v) is 8.64. The molecule has 1 atom stereocenters. The Hall–Kier alpha value is -2.17. The number of rotatable bonds is 4. The van der Waals surface area contributed by atoms with Gasteiger partial charge in [-0.2, -0.15) is 0 Å². The molecule has 82 valence electrons. The fourth-order valence-electron chi connectivity index (χ4n) is 1.68. The molecule has 0 fully saturated rings. The first kappa shape index (κ1) is 10.4. The van der Waals surface area contributed by atoms with Crippen LogP contribution in [-0.4, -0.2) is 11.5 Å². The van der Waals surface area contributed by atoms with Crippen LogP contribution < -0.4 is 0 Å². The first-order chi connectivity index (χ1) is 7.76. The number of carbonyl (C=O) groups excluding carboxylic acids is 1. The van der Waals surface area contributed by atoms with Crippen LogP contribution in [0, 0.1) is 4.91 Å². The van der Waals surface area contributed by atoms with Crippen LogP contribution in [0.4, 0.5) is 5.69 Å². The number of ether oxygens (including phenoxy) is 1. The average Bonchev–Trinajstić information content (AvgIpc) is 2.71. The summed E-state index contributed by atoms with van der Waals surface area (Å²) in [6.45, 7) is 2.17. The van der Waals surface area contributed by atoms with Gasteiger partial charge >= 0.3 is 0 Å². The number of hydrogen-bond acceptors (Lipinski definition) is 4. The average molecular weight is 218 g/mol. The van der Waals surface area contributed by atoms with E-state index in [9.17, 15) is 9.70 Å². The summed E-state index contributed by atoms with van der Waals surface area (Å²) in [5.41, 5.74) is 2.06. The molecule has 0 aliphatic heterocycles. The highest BCUT2D eigenvalue weighted by molar-refractivity contribution is 5.86. The van der Waals surface area contributed by atoms with Gasteiger partial charge in [0.15, 0.2) is 0 Å². The maximum Gasteiger partial charge on any atom is 0.293 e. The van der Waals surface area contributed by atoms with Crippen molar-refractivity contribution in [1.82, 2.24) is 4.98 Å². The molecule has 0 aliphatic rings. The van der Waals surface area contributed by atoms with Crippen molar-refractivity contribution >= 4 is 23.1 Å². The van der Waals surface area contributed by atoms with Crippen molar-refractivity contribution < 1.29 is 9.53 Å². The Morgan fingerprint density at radius 2 is 2.31 bits per heavy atom. The highest BCUT2D eigenvalue weighted by Crippen LogP contribution is 2.28. The first-order valence-electron chi connectivity index (χ1n) is 4.79. The maximum atomic E-state index is 10.4. The number of fused-ring (bicyclic) bond motifs is 1. The zero-order chi connectivity index (χ0) is 11.5. The Balaban J connectivity index is 2.52. The standard InChI is InChI=1S/C11H10N2O3/c1-7(16-6-14)10-5-12-11-3-2-8(13-15)4-9(10)11/h2-7,12H,1H3. The zero-order valence-electron chi connectivity index (χ0n) is 8.64. The molecule has 0 bridgehead atoms. The summed E-state index contributed by atoms with van der Waals surface area (Å²) in [6, 6.07) is 5.06. The fourth-order valence-corrected chi connectivity index (χ4v) is 1.68. The summed E-state index contributed by atoms with van der Waals surface area (Å²) in [5, 5.41) is 3.71. The topological polar surface area (TPSA) is 71.5 Å². The molecule has 0 saturated carbocycles. The van der Waals surface area contributed by atoms with Gasteiger partial charge in [-0.3, -0.25) is 4.79 Å².